The molecule has 3 rings (SSSR count). The molecule has 2 aliphatic heterocycles. The zero-order valence-electron chi connectivity index (χ0n) is 14.3. The summed E-state index contributed by atoms with van der Waals surface area (Å²) in [5.74, 6) is -0.659. The number of hydrogen-bond donors (Lipinski definition) is 1. The molecule has 2 fully saturated rings. The molecule has 1 aromatic rings. The molecule has 2 aliphatic rings. The molecule has 2 amide bonds. The third-order valence-electron chi connectivity index (χ3n) is 4.57. The second kappa shape index (κ2) is 7.29. The van der Waals surface area contributed by atoms with Crippen LogP contribution in [0.3, 0.4) is 0 Å². The molecule has 0 aromatic heterocycles. The number of rotatable bonds is 4. The maximum Gasteiger partial charge on any atom is 0.330 e. The number of thioether (sulfide) groups is 1. The van der Waals surface area contributed by atoms with Gasteiger partial charge < -0.3 is 15.0 Å². The van der Waals surface area contributed by atoms with Gasteiger partial charge in [0.05, 0.1) is 15.6 Å². The zero-order chi connectivity index (χ0) is 19.1. The topological polar surface area (TPSA) is 75.7 Å². The molecule has 0 bridgehead atoms. The number of benzene rings is 1. The van der Waals surface area contributed by atoms with Gasteiger partial charge in [0.25, 0.3) is 5.91 Å². The van der Waals surface area contributed by atoms with Gasteiger partial charge in [-0.3, -0.25) is 9.59 Å². The predicted octanol–water partition coefficient (Wildman–Crippen LogP) is 3.32. The lowest BCUT2D eigenvalue weighted by atomic mass is 10.2. The fourth-order valence-electron chi connectivity index (χ4n) is 3.13. The number of anilines is 1. The van der Waals surface area contributed by atoms with Gasteiger partial charge in [0, 0.05) is 17.2 Å². The molecule has 6 nitrogen and oxygen atoms in total. The van der Waals surface area contributed by atoms with Gasteiger partial charge in [-0.05, 0) is 38.5 Å². The smallest absolute Gasteiger partial charge is 0.330 e. The van der Waals surface area contributed by atoms with E-state index in [4.69, 9.17) is 27.9 Å². The molecule has 1 aromatic carbocycles. The fourth-order valence-corrected chi connectivity index (χ4v) is 5.00. The van der Waals surface area contributed by atoms with Crippen LogP contribution in [-0.2, 0) is 19.1 Å². The van der Waals surface area contributed by atoms with Crippen LogP contribution in [0.25, 0.3) is 0 Å². The summed E-state index contributed by atoms with van der Waals surface area (Å²) in [5.41, 5.74) is 0.377. The van der Waals surface area contributed by atoms with Crippen molar-refractivity contribution in [3.63, 3.8) is 0 Å². The van der Waals surface area contributed by atoms with Crippen LogP contribution in [0.2, 0.25) is 10.0 Å². The van der Waals surface area contributed by atoms with E-state index in [9.17, 15) is 14.4 Å². The lowest BCUT2D eigenvalue weighted by Crippen LogP contribution is -2.48. The van der Waals surface area contributed by atoms with Crippen molar-refractivity contribution in [1.82, 2.24) is 4.90 Å². The van der Waals surface area contributed by atoms with E-state index in [-0.39, 0.29) is 15.8 Å². The molecule has 140 valence electrons. The van der Waals surface area contributed by atoms with Gasteiger partial charge in [-0.2, -0.15) is 0 Å². The Hall–Kier alpha value is -1.44. The maximum absolute atomic E-state index is 12.5. The molecule has 0 aliphatic carbocycles. The summed E-state index contributed by atoms with van der Waals surface area (Å²) in [6, 6.07) is 4.01. The molecule has 2 heterocycles. The van der Waals surface area contributed by atoms with Gasteiger partial charge in [0.2, 0.25) is 5.91 Å². The summed E-state index contributed by atoms with van der Waals surface area (Å²) >= 11 is 13.4. The van der Waals surface area contributed by atoms with Crippen LogP contribution in [0, 0.1) is 0 Å². The summed E-state index contributed by atoms with van der Waals surface area (Å²) in [6.07, 6.45) is 0.118. The number of halogens is 2. The van der Waals surface area contributed by atoms with Crippen LogP contribution in [0.15, 0.2) is 18.2 Å². The molecule has 0 radical (unpaired) electrons. The van der Waals surface area contributed by atoms with Crippen LogP contribution in [0.1, 0.15) is 26.7 Å². The van der Waals surface area contributed by atoms with E-state index in [1.807, 2.05) is 6.92 Å². The summed E-state index contributed by atoms with van der Waals surface area (Å²) in [6.45, 7) is 3.43. The summed E-state index contributed by atoms with van der Waals surface area (Å²) in [7, 11) is 0. The van der Waals surface area contributed by atoms with E-state index < -0.39 is 24.0 Å². The first-order valence-electron chi connectivity index (χ1n) is 8.14. The second-order valence-corrected chi connectivity index (χ2v) is 8.80. The van der Waals surface area contributed by atoms with E-state index in [2.05, 4.69) is 5.32 Å². The Morgan fingerprint density at radius 3 is 2.85 bits per heavy atom. The minimum Gasteiger partial charge on any atom is -0.451 e. The number of nitrogens with zero attached hydrogens (tertiary/aromatic N) is 1. The van der Waals surface area contributed by atoms with E-state index in [0.717, 1.165) is 0 Å². The van der Waals surface area contributed by atoms with Crippen molar-refractivity contribution >= 4 is 58.4 Å². The first-order valence-corrected chi connectivity index (χ1v) is 9.88. The number of hydrogen-bond acceptors (Lipinski definition) is 5. The highest BCUT2D eigenvalue weighted by Gasteiger charge is 2.53. The Balaban J connectivity index is 1.62. The molecule has 1 N–H and O–H groups in total. The average Bonchev–Trinajstić information content (AvgIpc) is 3.06. The number of amides is 2. The first-order chi connectivity index (χ1) is 12.2. The molecule has 0 saturated carbocycles. The molecule has 3 atom stereocenters. The van der Waals surface area contributed by atoms with Crippen molar-refractivity contribution in [2.45, 2.75) is 43.7 Å². The first kappa shape index (κ1) is 19.3. The van der Waals surface area contributed by atoms with Crippen molar-refractivity contribution in [3.8, 4) is 0 Å². The van der Waals surface area contributed by atoms with Crippen molar-refractivity contribution in [2.75, 3.05) is 11.1 Å². The highest BCUT2D eigenvalue weighted by atomic mass is 35.5. The molecule has 26 heavy (non-hydrogen) atoms. The highest BCUT2D eigenvalue weighted by Crippen LogP contribution is 2.47. The van der Waals surface area contributed by atoms with Gasteiger partial charge in [0.1, 0.15) is 6.04 Å². The third kappa shape index (κ3) is 3.66. The van der Waals surface area contributed by atoms with Crippen LogP contribution < -0.4 is 5.32 Å². The number of nitrogens with one attached hydrogen (secondary N) is 1. The Bertz CT molecular complexity index is 775. The van der Waals surface area contributed by atoms with Crippen molar-refractivity contribution < 1.29 is 19.1 Å². The molecular weight excluding hydrogens is 399 g/mol. The molecule has 9 heteroatoms. The third-order valence-corrected chi connectivity index (χ3v) is 6.62. The van der Waals surface area contributed by atoms with Crippen LogP contribution in [-0.4, -0.2) is 45.5 Å². The number of esters is 1. The van der Waals surface area contributed by atoms with E-state index >= 15 is 0 Å². The number of ether oxygens (including phenoxy) is 1. The van der Waals surface area contributed by atoms with Crippen LogP contribution in [0.5, 0.6) is 0 Å². The van der Waals surface area contributed by atoms with Crippen LogP contribution in [0.4, 0.5) is 5.69 Å². The van der Waals surface area contributed by atoms with Crippen molar-refractivity contribution in [2.24, 2.45) is 0 Å². The molecular formula is C17H18Cl2N2O4S. The molecule has 0 spiro atoms. The Kier molecular flexibility index (Phi) is 5.42. The lowest BCUT2D eigenvalue weighted by Gasteiger charge is -2.29. The summed E-state index contributed by atoms with van der Waals surface area (Å²) < 4.78 is 5.31. The van der Waals surface area contributed by atoms with E-state index in [1.165, 1.54) is 13.0 Å². The maximum atomic E-state index is 12.5. The number of carbonyl (C=O) groups is 3. The average molecular weight is 417 g/mol. The molecule has 2 saturated heterocycles. The summed E-state index contributed by atoms with van der Waals surface area (Å²) in [4.78, 5) is 38.1. The number of carbonyl (C=O) groups excluding carboxylic acids is 3. The number of fused-ring (bicyclic) bond motifs is 1. The fraction of sp³-hybridized carbons (Fsp3) is 0.471. The SMILES string of the molecule is C[C@H](OC(=O)[C@@H]1CS[C@@]2(C)CCC(=O)N12)C(=O)Nc1ccc(Cl)cc1Cl. The van der Waals surface area contributed by atoms with Crippen molar-refractivity contribution in [1.29, 1.82) is 0 Å². The minimum absolute atomic E-state index is 0.0514. The van der Waals surface area contributed by atoms with E-state index in [0.29, 0.717) is 29.3 Å². The Labute approximate surface area is 165 Å². The predicted molar refractivity (Wildman–Crippen MR) is 101 cm³/mol. The minimum atomic E-state index is -1.02. The van der Waals surface area contributed by atoms with Gasteiger partial charge in [0.15, 0.2) is 6.10 Å². The standard InChI is InChI=1S/C17H18Cl2N2O4S/c1-9(15(23)20-12-4-3-10(18)7-11(12)19)25-16(24)13-8-26-17(2)6-5-14(22)21(13)17/h3-4,7,9,13H,5-6,8H2,1-2H3,(H,20,23)/t9-,13-,17-/m0/s1. The lowest BCUT2D eigenvalue weighted by molar-refractivity contribution is -0.160. The molecule has 0 unspecified atom stereocenters. The Morgan fingerprint density at radius 2 is 2.15 bits per heavy atom. The second-order valence-electron chi connectivity index (χ2n) is 6.46. The zero-order valence-corrected chi connectivity index (χ0v) is 16.6. The Morgan fingerprint density at radius 1 is 1.42 bits per heavy atom. The quantitative estimate of drug-likeness (QED) is 0.761. The van der Waals surface area contributed by atoms with E-state index in [1.54, 1.807) is 28.8 Å². The monoisotopic (exact) mass is 416 g/mol. The van der Waals surface area contributed by atoms with Crippen molar-refractivity contribution in [3.05, 3.63) is 28.2 Å². The largest absolute Gasteiger partial charge is 0.451 e. The van der Waals surface area contributed by atoms with Crippen LogP contribution >= 0.6 is 35.0 Å². The summed E-state index contributed by atoms with van der Waals surface area (Å²) in [5, 5.41) is 3.34. The normalized spacial score (nSPS) is 25.8. The van der Waals surface area contributed by atoms with Gasteiger partial charge in [-0.1, -0.05) is 23.2 Å². The van der Waals surface area contributed by atoms with Gasteiger partial charge >= 0.3 is 5.97 Å². The highest BCUT2D eigenvalue weighted by molar-refractivity contribution is 8.01. The van der Waals surface area contributed by atoms with Gasteiger partial charge in [-0.25, -0.2) is 4.79 Å². The van der Waals surface area contributed by atoms with Gasteiger partial charge in [-0.15, -0.1) is 11.8 Å².